The minimum atomic E-state index is 0.711. The Morgan fingerprint density at radius 3 is 2.53 bits per heavy atom. The molecule has 2 nitrogen and oxygen atoms in total. The zero-order chi connectivity index (χ0) is 12.3. The van der Waals surface area contributed by atoms with Crippen molar-refractivity contribution in [2.24, 2.45) is 0 Å². The minimum Gasteiger partial charge on any atom is -0.317 e. The van der Waals surface area contributed by atoms with Gasteiger partial charge < -0.3 is 5.32 Å². The first kappa shape index (κ1) is 13.5. The van der Waals surface area contributed by atoms with Crippen LogP contribution in [0.15, 0.2) is 27.1 Å². The molecule has 0 unspecified atom stereocenters. The maximum Gasteiger partial charge on any atom is 0.0320 e. The Morgan fingerprint density at radius 2 is 1.94 bits per heavy atom. The lowest BCUT2D eigenvalue weighted by Gasteiger charge is -2.31. The van der Waals surface area contributed by atoms with Crippen LogP contribution in [0.5, 0.6) is 0 Å². The fourth-order valence-electron chi connectivity index (χ4n) is 2.28. The molecule has 1 N–H and O–H groups in total. The standard InChI is InChI=1S/C13H18Br2N2/c1-16-11-4-6-17(7-5-11)9-10-2-3-12(14)13(15)8-10/h2-3,8,11,16H,4-7,9H2,1H3. The van der Waals surface area contributed by atoms with Gasteiger partial charge in [-0.25, -0.2) is 0 Å². The third-order valence-corrected chi connectivity index (χ3v) is 5.27. The normalized spacial score (nSPS) is 18.5. The minimum absolute atomic E-state index is 0.711. The average molecular weight is 362 g/mol. The molecule has 0 spiro atoms. The predicted octanol–water partition coefficient (Wildman–Crippen LogP) is 3.40. The van der Waals surface area contributed by atoms with E-state index in [0.717, 1.165) is 15.5 Å². The van der Waals surface area contributed by atoms with Crippen molar-refractivity contribution in [2.45, 2.75) is 25.4 Å². The highest BCUT2D eigenvalue weighted by Gasteiger charge is 2.17. The van der Waals surface area contributed by atoms with Gasteiger partial charge in [-0.05, 0) is 82.5 Å². The van der Waals surface area contributed by atoms with Crippen molar-refractivity contribution < 1.29 is 0 Å². The van der Waals surface area contributed by atoms with Gasteiger partial charge in [-0.15, -0.1) is 0 Å². The Hall–Kier alpha value is 0.1000. The van der Waals surface area contributed by atoms with Gasteiger partial charge in [0.15, 0.2) is 0 Å². The number of benzene rings is 1. The number of halogens is 2. The second-order valence-corrected chi connectivity index (χ2v) is 6.30. The maximum atomic E-state index is 3.56. The molecular formula is C13H18Br2N2. The second kappa shape index (κ2) is 6.32. The molecule has 0 amide bonds. The van der Waals surface area contributed by atoms with E-state index in [1.54, 1.807) is 0 Å². The van der Waals surface area contributed by atoms with Crippen molar-refractivity contribution in [1.82, 2.24) is 10.2 Å². The summed E-state index contributed by atoms with van der Waals surface area (Å²) in [4.78, 5) is 2.53. The third kappa shape index (κ3) is 3.78. The first-order valence-electron chi connectivity index (χ1n) is 6.02. The summed E-state index contributed by atoms with van der Waals surface area (Å²) >= 11 is 7.06. The van der Waals surface area contributed by atoms with Gasteiger partial charge in [0.2, 0.25) is 0 Å². The van der Waals surface area contributed by atoms with E-state index in [1.807, 2.05) is 0 Å². The zero-order valence-electron chi connectivity index (χ0n) is 10.0. The lowest BCUT2D eigenvalue weighted by Crippen LogP contribution is -2.40. The van der Waals surface area contributed by atoms with Crippen molar-refractivity contribution in [3.63, 3.8) is 0 Å². The van der Waals surface area contributed by atoms with Crippen LogP contribution >= 0.6 is 31.9 Å². The smallest absolute Gasteiger partial charge is 0.0320 e. The quantitative estimate of drug-likeness (QED) is 0.887. The van der Waals surface area contributed by atoms with Crippen LogP contribution in [-0.4, -0.2) is 31.1 Å². The Kier molecular flexibility index (Phi) is 5.03. The number of piperidine rings is 1. The number of hydrogen-bond donors (Lipinski definition) is 1. The van der Waals surface area contributed by atoms with Gasteiger partial charge in [0.05, 0.1) is 0 Å². The van der Waals surface area contributed by atoms with Gasteiger partial charge in [0.1, 0.15) is 0 Å². The Labute approximate surface area is 120 Å². The molecule has 0 radical (unpaired) electrons. The van der Waals surface area contributed by atoms with Crippen LogP contribution in [0.3, 0.4) is 0 Å². The van der Waals surface area contributed by atoms with Gasteiger partial charge in [0.25, 0.3) is 0 Å². The van der Waals surface area contributed by atoms with E-state index in [0.29, 0.717) is 6.04 Å². The zero-order valence-corrected chi connectivity index (χ0v) is 13.2. The molecule has 94 valence electrons. The summed E-state index contributed by atoms with van der Waals surface area (Å²) in [6, 6.07) is 7.22. The Morgan fingerprint density at radius 1 is 1.24 bits per heavy atom. The molecule has 0 aromatic heterocycles. The number of nitrogens with zero attached hydrogens (tertiary/aromatic N) is 1. The molecule has 1 aromatic rings. The molecule has 0 atom stereocenters. The van der Waals surface area contributed by atoms with Crippen molar-refractivity contribution >= 4 is 31.9 Å². The van der Waals surface area contributed by atoms with Crippen LogP contribution in [0.4, 0.5) is 0 Å². The lowest BCUT2D eigenvalue weighted by atomic mass is 10.0. The van der Waals surface area contributed by atoms with E-state index in [2.05, 4.69) is 67.3 Å². The largest absolute Gasteiger partial charge is 0.317 e. The van der Waals surface area contributed by atoms with E-state index < -0.39 is 0 Å². The van der Waals surface area contributed by atoms with Crippen molar-refractivity contribution in [1.29, 1.82) is 0 Å². The highest BCUT2D eigenvalue weighted by Crippen LogP contribution is 2.24. The van der Waals surface area contributed by atoms with Gasteiger partial charge in [-0.2, -0.15) is 0 Å². The molecule has 0 aliphatic carbocycles. The second-order valence-electron chi connectivity index (χ2n) is 4.59. The van der Waals surface area contributed by atoms with Crippen LogP contribution in [0, 0.1) is 0 Å². The first-order chi connectivity index (χ1) is 8.19. The SMILES string of the molecule is CNC1CCN(Cc2ccc(Br)c(Br)c2)CC1. The topological polar surface area (TPSA) is 15.3 Å². The molecule has 0 bridgehead atoms. The molecule has 4 heteroatoms. The highest BCUT2D eigenvalue weighted by molar-refractivity contribution is 9.13. The number of rotatable bonds is 3. The van der Waals surface area contributed by atoms with Gasteiger partial charge in [-0.1, -0.05) is 6.07 Å². The molecule has 2 rings (SSSR count). The molecule has 1 saturated heterocycles. The van der Waals surface area contributed by atoms with Crippen LogP contribution < -0.4 is 5.32 Å². The third-order valence-electron chi connectivity index (χ3n) is 3.39. The first-order valence-corrected chi connectivity index (χ1v) is 7.61. The molecule has 1 aromatic carbocycles. The Balaban J connectivity index is 1.91. The van der Waals surface area contributed by atoms with Crippen LogP contribution in [0.1, 0.15) is 18.4 Å². The van der Waals surface area contributed by atoms with Crippen molar-refractivity contribution in [3.8, 4) is 0 Å². The number of nitrogens with one attached hydrogen (secondary N) is 1. The number of hydrogen-bond acceptors (Lipinski definition) is 2. The average Bonchev–Trinajstić information content (AvgIpc) is 2.35. The van der Waals surface area contributed by atoms with Gasteiger partial charge in [-0.3, -0.25) is 4.90 Å². The van der Waals surface area contributed by atoms with Crippen molar-refractivity contribution in [2.75, 3.05) is 20.1 Å². The van der Waals surface area contributed by atoms with Gasteiger partial charge in [0, 0.05) is 21.5 Å². The molecule has 1 heterocycles. The van der Waals surface area contributed by atoms with Crippen LogP contribution in [-0.2, 0) is 6.54 Å². The highest BCUT2D eigenvalue weighted by atomic mass is 79.9. The molecular weight excluding hydrogens is 344 g/mol. The fourth-order valence-corrected chi connectivity index (χ4v) is 2.95. The van der Waals surface area contributed by atoms with E-state index >= 15 is 0 Å². The molecule has 1 fully saturated rings. The summed E-state index contributed by atoms with van der Waals surface area (Å²) in [5, 5.41) is 3.36. The van der Waals surface area contributed by atoms with Crippen molar-refractivity contribution in [3.05, 3.63) is 32.7 Å². The number of likely N-dealkylation sites (tertiary alicyclic amines) is 1. The van der Waals surface area contributed by atoms with E-state index in [9.17, 15) is 0 Å². The molecule has 1 aliphatic rings. The fraction of sp³-hybridized carbons (Fsp3) is 0.538. The predicted molar refractivity (Wildman–Crippen MR) is 79.2 cm³/mol. The van der Waals surface area contributed by atoms with Crippen LogP contribution in [0.2, 0.25) is 0 Å². The maximum absolute atomic E-state index is 3.56. The summed E-state index contributed by atoms with van der Waals surface area (Å²) in [6.07, 6.45) is 2.52. The van der Waals surface area contributed by atoms with E-state index in [4.69, 9.17) is 0 Å². The van der Waals surface area contributed by atoms with E-state index in [-0.39, 0.29) is 0 Å². The van der Waals surface area contributed by atoms with Crippen LogP contribution in [0.25, 0.3) is 0 Å². The Bertz CT molecular complexity index is 374. The summed E-state index contributed by atoms with van der Waals surface area (Å²) < 4.78 is 2.26. The van der Waals surface area contributed by atoms with E-state index in [1.165, 1.54) is 31.5 Å². The van der Waals surface area contributed by atoms with Gasteiger partial charge >= 0.3 is 0 Å². The summed E-state index contributed by atoms with van der Waals surface area (Å²) in [5.74, 6) is 0. The summed E-state index contributed by atoms with van der Waals surface area (Å²) in [5.41, 5.74) is 1.38. The molecule has 1 aliphatic heterocycles. The lowest BCUT2D eigenvalue weighted by molar-refractivity contribution is 0.194. The molecule has 0 saturated carbocycles. The summed E-state index contributed by atoms with van der Waals surface area (Å²) in [6.45, 7) is 3.45. The molecule has 17 heavy (non-hydrogen) atoms. The summed E-state index contributed by atoms with van der Waals surface area (Å²) in [7, 11) is 2.06. The monoisotopic (exact) mass is 360 g/mol.